The molecule has 0 radical (unpaired) electrons. The summed E-state index contributed by atoms with van der Waals surface area (Å²) < 4.78 is 33.3. The molecule has 0 aromatic carbocycles. The third kappa shape index (κ3) is 12.5. The molecular formula is C25H52N2O5S. The molecule has 7 nitrogen and oxygen atoms in total. The Bertz CT molecular complexity index is 658. The van der Waals surface area contributed by atoms with Gasteiger partial charge in [0.1, 0.15) is 6.04 Å². The molecule has 33 heavy (non-hydrogen) atoms. The van der Waals surface area contributed by atoms with Gasteiger partial charge in [-0.2, -0.15) is 8.42 Å². The smallest absolute Gasteiger partial charge is 0.266 e. The van der Waals surface area contributed by atoms with Crippen LogP contribution in [0.3, 0.4) is 0 Å². The first kappa shape index (κ1) is 32.3. The molecule has 0 fully saturated rings. The summed E-state index contributed by atoms with van der Waals surface area (Å²) in [6.45, 7) is 7.95. The van der Waals surface area contributed by atoms with Crippen molar-refractivity contribution in [2.24, 2.45) is 5.41 Å². The highest BCUT2D eigenvalue weighted by atomic mass is 32.2. The molecule has 2 atom stereocenters. The number of carboxylic acid groups (broad SMARTS) is 1. The molecule has 0 aliphatic heterocycles. The molecule has 198 valence electrons. The lowest BCUT2D eigenvalue weighted by atomic mass is 9.68. The Hall–Kier alpha value is -0.700. The van der Waals surface area contributed by atoms with Gasteiger partial charge in [-0.25, -0.2) is 0 Å². The number of rotatable bonds is 20. The molecule has 0 saturated carbocycles. The Morgan fingerprint density at radius 2 is 1.27 bits per heavy atom. The van der Waals surface area contributed by atoms with Crippen molar-refractivity contribution >= 4 is 16.1 Å². The number of carbonyl (C=O) groups excluding carboxylic acids is 1. The molecule has 8 heteroatoms. The number of nitrogens with zero attached hydrogens (tertiary/aromatic N) is 1. The van der Waals surface area contributed by atoms with Gasteiger partial charge in [-0.3, -0.25) is 4.55 Å². The van der Waals surface area contributed by atoms with E-state index in [1.54, 1.807) is 41.9 Å². The molecule has 2 unspecified atom stereocenters. The Kier molecular flexibility index (Phi) is 14.3. The topological polar surface area (TPSA) is 107 Å². The maximum atomic E-state index is 12.0. The number of hydrogen-bond donors (Lipinski definition) is 2. The number of unbranched alkanes of at least 4 members (excludes halogenated alkanes) is 11. The van der Waals surface area contributed by atoms with E-state index in [9.17, 15) is 22.9 Å². The van der Waals surface area contributed by atoms with E-state index in [0.717, 1.165) is 19.3 Å². The van der Waals surface area contributed by atoms with Crippen molar-refractivity contribution in [2.75, 3.05) is 33.4 Å². The minimum absolute atomic E-state index is 0.0800. The van der Waals surface area contributed by atoms with Crippen molar-refractivity contribution < 1.29 is 27.4 Å². The molecule has 0 aliphatic rings. The summed E-state index contributed by atoms with van der Waals surface area (Å²) in [5, 5.41) is 15.3. The minimum atomic E-state index is -4.32. The first-order chi connectivity index (χ1) is 15.1. The van der Waals surface area contributed by atoms with Gasteiger partial charge in [0.25, 0.3) is 10.1 Å². The van der Waals surface area contributed by atoms with E-state index >= 15 is 0 Å². The number of aliphatic carboxylic acids is 1. The monoisotopic (exact) mass is 492 g/mol. The highest BCUT2D eigenvalue weighted by Gasteiger charge is 2.53. The zero-order chi connectivity index (χ0) is 25.8. The Morgan fingerprint density at radius 3 is 1.61 bits per heavy atom. The summed E-state index contributed by atoms with van der Waals surface area (Å²) in [6, 6.07) is -0.973. The zero-order valence-corrected chi connectivity index (χ0v) is 23.2. The SMILES string of the molecule is CCCCCCCCCCCCCCNC(C)(CS(=O)(=O)O)C(C)(C)C(C(=O)[O-])[N+](C)(C)C. The summed E-state index contributed by atoms with van der Waals surface area (Å²) in [5.74, 6) is -1.80. The molecule has 0 aromatic rings. The fourth-order valence-electron chi connectivity index (χ4n) is 5.04. The van der Waals surface area contributed by atoms with Crippen molar-refractivity contribution in [1.29, 1.82) is 0 Å². The predicted octanol–water partition coefficient (Wildman–Crippen LogP) is 3.77. The van der Waals surface area contributed by atoms with Crippen LogP contribution in [0.4, 0.5) is 0 Å². The standard InChI is InChI=1S/C25H52N2O5S/c1-8-9-10-11-12-13-14-15-16-17-18-19-20-26-25(4,21-33(30,31)32)24(2,3)22(23(28)29)27(5,6)7/h22,26H,8-21H2,1-7H3,(H-,28,29,30,31,32). The van der Waals surface area contributed by atoms with Crippen molar-refractivity contribution in [3.05, 3.63) is 0 Å². The molecule has 0 aliphatic carbocycles. The van der Waals surface area contributed by atoms with Gasteiger partial charge in [-0.15, -0.1) is 0 Å². The van der Waals surface area contributed by atoms with E-state index in [-0.39, 0.29) is 4.48 Å². The van der Waals surface area contributed by atoms with Gasteiger partial charge in [-0.05, 0) is 19.9 Å². The highest BCUT2D eigenvalue weighted by Crippen LogP contribution is 2.39. The molecule has 2 N–H and O–H groups in total. The van der Waals surface area contributed by atoms with Gasteiger partial charge >= 0.3 is 0 Å². The number of nitrogens with one attached hydrogen (secondary N) is 1. The van der Waals surface area contributed by atoms with E-state index in [2.05, 4.69) is 12.2 Å². The van der Waals surface area contributed by atoms with E-state index < -0.39 is 38.8 Å². The fourth-order valence-corrected chi connectivity index (χ4v) is 6.24. The normalized spacial score (nSPS) is 15.9. The molecule has 0 amide bonds. The summed E-state index contributed by atoms with van der Waals surface area (Å²) in [7, 11) is 0.934. The average molecular weight is 493 g/mol. The fraction of sp³-hybridized carbons (Fsp3) is 0.960. The Morgan fingerprint density at radius 1 is 0.879 bits per heavy atom. The lowest BCUT2D eigenvalue weighted by molar-refractivity contribution is -0.897. The largest absolute Gasteiger partial charge is 0.544 e. The van der Waals surface area contributed by atoms with Crippen molar-refractivity contribution in [2.45, 2.75) is 116 Å². The molecular weight excluding hydrogens is 440 g/mol. The van der Waals surface area contributed by atoms with Crippen LogP contribution in [0.15, 0.2) is 0 Å². The van der Waals surface area contributed by atoms with E-state index in [0.29, 0.717) is 6.54 Å². The summed E-state index contributed by atoms with van der Waals surface area (Å²) in [6.07, 6.45) is 14.8. The average Bonchev–Trinajstić information content (AvgIpc) is 2.62. The third-order valence-electron chi connectivity index (χ3n) is 7.12. The highest BCUT2D eigenvalue weighted by molar-refractivity contribution is 7.85. The van der Waals surface area contributed by atoms with Crippen LogP contribution in [-0.4, -0.2) is 68.4 Å². The van der Waals surface area contributed by atoms with Gasteiger partial charge in [0.05, 0.1) is 32.9 Å². The van der Waals surface area contributed by atoms with Crippen LogP contribution in [0, 0.1) is 5.41 Å². The van der Waals surface area contributed by atoms with Crippen LogP contribution >= 0.6 is 0 Å². The van der Waals surface area contributed by atoms with Crippen LogP contribution in [0.1, 0.15) is 105 Å². The minimum Gasteiger partial charge on any atom is -0.544 e. The molecule has 0 rings (SSSR count). The number of quaternary nitrogens is 1. The van der Waals surface area contributed by atoms with Crippen LogP contribution in [0.5, 0.6) is 0 Å². The Labute approximate surface area is 204 Å². The lowest BCUT2D eigenvalue weighted by Gasteiger charge is -2.52. The van der Waals surface area contributed by atoms with Gasteiger partial charge in [0.15, 0.2) is 0 Å². The van der Waals surface area contributed by atoms with Gasteiger partial charge < -0.3 is 19.7 Å². The van der Waals surface area contributed by atoms with Gasteiger partial charge in [0.2, 0.25) is 0 Å². The second-order valence-electron chi connectivity index (χ2n) is 11.4. The number of likely N-dealkylation sites (N-methyl/N-ethyl adjacent to an activating group) is 1. The third-order valence-corrected chi connectivity index (χ3v) is 8.06. The Balaban J connectivity index is 4.70. The summed E-state index contributed by atoms with van der Waals surface area (Å²) in [4.78, 5) is 12.0. The van der Waals surface area contributed by atoms with Gasteiger partial charge in [-0.1, -0.05) is 91.4 Å². The molecule has 0 aromatic heterocycles. The molecule has 0 saturated heterocycles. The predicted molar refractivity (Wildman–Crippen MR) is 135 cm³/mol. The summed E-state index contributed by atoms with van der Waals surface area (Å²) >= 11 is 0. The quantitative estimate of drug-likeness (QED) is 0.152. The van der Waals surface area contributed by atoms with Crippen LogP contribution < -0.4 is 10.4 Å². The number of carbonyl (C=O) groups is 1. The maximum absolute atomic E-state index is 12.0. The van der Waals surface area contributed by atoms with Crippen LogP contribution in [-0.2, 0) is 14.9 Å². The van der Waals surface area contributed by atoms with Gasteiger partial charge in [0, 0.05) is 11.0 Å². The maximum Gasteiger partial charge on any atom is 0.266 e. The second-order valence-corrected chi connectivity index (χ2v) is 12.9. The first-order valence-electron chi connectivity index (χ1n) is 12.8. The van der Waals surface area contributed by atoms with E-state index in [1.165, 1.54) is 57.8 Å². The zero-order valence-electron chi connectivity index (χ0n) is 22.4. The van der Waals surface area contributed by atoms with Crippen molar-refractivity contribution in [3.8, 4) is 0 Å². The lowest BCUT2D eigenvalue weighted by Crippen LogP contribution is -2.71. The second kappa shape index (κ2) is 14.6. The van der Waals surface area contributed by atoms with E-state index in [4.69, 9.17) is 0 Å². The van der Waals surface area contributed by atoms with E-state index in [1.807, 2.05) is 0 Å². The van der Waals surface area contributed by atoms with Crippen molar-refractivity contribution in [1.82, 2.24) is 5.32 Å². The molecule has 0 spiro atoms. The number of carboxylic acids is 1. The van der Waals surface area contributed by atoms with Crippen LogP contribution in [0.2, 0.25) is 0 Å². The molecule has 0 bridgehead atoms. The number of hydrogen-bond acceptors (Lipinski definition) is 5. The first-order valence-corrected chi connectivity index (χ1v) is 14.4. The summed E-state index contributed by atoms with van der Waals surface area (Å²) in [5.41, 5.74) is -2.16. The van der Waals surface area contributed by atoms with Crippen LogP contribution in [0.25, 0.3) is 0 Å². The van der Waals surface area contributed by atoms with Crippen molar-refractivity contribution in [3.63, 3.8) is 0 Å². The molecule has 0 heterocycles.